The molecule has 10 nitrogen and oxygen atoms in total. The summed E-state index contributed by atoms with van der Waals surface area (Å²) in [5.41, 5.74) is 3.17. The second kappa shape index (κ2) is 10.7. The van der Waals surface area contributed by atoms with Crippen LogP contribution in [0.3, 0.4) is 0 Å². The number of rotatable bonds is 8. The van der Waals surface area contributed by atoms with E-state index in [0.717, 1.165) is 61.8 Å². The number of hydrogen-bond acceptors (Lipinski definition) is 8. The van der Waals surface area contributed by atoms with Gasteiger partial charge in [0.05, 0.1) is 34.3 Å². The normalized spacial score (nSPS) is 17.3. The smallest absolute Gasteiger partial charge is 0.333 e. The molecule has 3 aromatic heterocycles. The average molecular weight is 554 g/mol. The highest BCUT2D eigenvalue weighted by atomic mass is 19.3. The standard InChI is InChI=1S/C28H37F2N9O/c1-27(2,3)34-11-10-31-20-7-6-19(18-14-35-39(15-18)26(29)30)36-22(20)17-8-12-38(13-9-17)24-21-23(32-16-33-24)37-25(40)28(21,4)5/h6-7,14-17,26,31,34H,8-13H2,1-5H3,(H,32,33,37,40). The molecule has 0 bridgehead atoms. The van der Waals surface area contributed by atoms with Crippen LogP contribution in [0, 0.1) is 0 Å². The molecule has 0 radical (unpaired) electrons. The number of carbonyl (C=O) groups excluding carboxylic acids is 1. The molecule has 0 atom stereocenters. The molecule has 0 unspecified atom stereocenters. The Bertz CT molecular complexity index is 1370. The van der Waals surface area contributed by atoms with E-state index in [0.29, 0.717) is 21.8 Å². The van der Waals surface area contributed by atoms with Gasteiger partial charge in [0.15, 0.2) is 0 Å². The Kier molecular flexibility index (Phi) is 7.47. The summed E-state index contributed by atoms with van der Waals surface area (Å²) in [6.07, 6.45) is 5.89. The van der Waals surface area contributed by atoms with E-state index in [9.17, 15) is 13.6 Å². The number of pyridine rings is 1. The van der Waals surface area contributed by atoms with Crippen molar-refractivity contribution in [1.29, 1.82) is 0 Å². The highest BCUT2D eigenvalue weighted by molar-refractivity contribution is 6.06. The van der Waals surface area contributed by atoms with Crippen LogP contribution in [0.5, 0.6) is 0 Å². The number of fused-ring (bicyclic) bond motifs is 1. The zero-order chi connectivity index (χ0) is 28.7. The van der Waals surface area contributed by atoms with Gasteiger partial charge in [-0.3, -0.25) is 9.78 Å². The summed E-state index contributed by atoms with van der Waals surface area (Å²) >= 11 is 0. The van der Waals surface area contributed by atoms with Crippen molar-refractivity contribution in [2.24, 2.45) is 0 Å². The second-order valence-corrected chi connectivity index (χ2v) is 12.0. The van der Waals surface area contributed by atoms with E-state index >= 15 is 0 Å². The SMILES string of the molecule is CC(C)(C)NCCNc1ccc(-c2cnn(C(F)F)c2)nc1C1CCN(c2ncnc3c2C(C)(C)C(=O)N3)CC1. The van der Waals surface area contributed by atoms with Crippen LogP contribution >= 0.6 is 0 Å². The number of carbonyl (C=O) groups is 1. The van der Waals surface area contributed by atoms with Gasteiger partial charge in [0.25, 0.3) is 0 Å². The van der Waals surface area contributed by atoms with E-state index in [1.54, 1.807) is 0 Å². The predicted molar refractivity (Wildman–Crippen MR) is 151 cm³/mol. The number of aromatic nitrogens is 5. The summed E-state index contributed by atoms with van der Waals surface area (Å²) in [5.74, 6) is 1.45. The van der Waals surface area contributed by atoms with E-state index in [1.165, 1.54) is 18.7 Å². The third-order valence-electron chi connectivity index (χ3n) is 7.55. The molecule has 0 aromatic carbocycles. The average Bonchev–Trinajstić information content (AvgIpc) is 3.49. The first-order valence-electron chi connectivity index (χ1n) is 13.7. The summed E-state index contributed by atoms with van der Waals surface area (Å²) in [7, 11) is 0. The monoisotopic (exact) mass is 553 g/mol. The largest absolute Gasteiger partial charge is 0.382 e. The third kappa shape index (κ3) is 5.63. The van der Waals surface area contributed by atoms with Crippen molar-refractivity contribution in [2.45, 2.75) is 70.9 Å². The number of halogens is 2. The third-order valence-corrected chi connectivity index (χ3v) is 7.55. The lowest BCUT2D eigenvalue weighted by atomic mass is 9.86. The summed E-state index contributed by atoms with van der Waals surface area (Å²) in [6, 6.07) is 3.83. The Morgan fingerprint density at radius 3 is 2.58 bits per heavy atom. The van der Waals surface area contributed by atoms with Crippen molar-refractivity contribution in [1.82, 2.24) is 30.0 Å². The van der Waals surface area contributed by atoms with Gasteiger partial charge in [-0.05, 0) is 59.6 Å². The van der Waals surface area contributed by atoms with Crippen molar-refractivity contribution >= 4 is 23.2 Å². The first kappa shape index (κ1) is 27.9. The zero-order valence-corrected chi connectivity index (χ0v) is 23.6. The fourth-order valence-corrected chi connectivity index (χ4v) is 5.34. The van der Waals surface area contributed by atoms with Crippen LogP contribution < -0.4 is 20.9 Å². The number of nitrogens with one attached hydrogen (secondary N) is 3. The van der Waals surface area contributed by atoms with Crippen molar-refractivity contribution in [3.8, 4) is 11.3 Å². The molecule has 40 heavy (non-hydrogen) atoms. The maximum atomic E-state index is 13.1. The molecule has 2 aliphatic rings. The Morgan fingerprint density at radius 2 is 1.90 bits per heavy atom. The fraction of sp³-hybridized carbons (Fsp3) is 0.536. The van der Waals surface area contributed by atoms with Crippen LogP contribution in [0.1, 0.15) is 71.2 Å². The lowest BCUT2D eigenvalue weighted by molar-refractivity contribution is -0.119. The summed E-state index contributed by atoms with van der Waals surface area (Å²) < 4.78 is 26.9. The van der Waals surface area contributed by atoms with Crippen LogP contribution in [-0.4, -0.2) is 62.4 Å². The van der Waals surface area contributed by atoms with Crippen LogP contribution in [0.2, 0.25) is 0 Å². The van der Waals surface area contributed by atoms with E-state index in [4.69, 9.17) is 4.98 Å². The van der Waals surface area contributed by atoms with Crippen molar-refractivity contribution in [2.75, 3.05) is 41.7 Å². The van der Waals surface area contributed by atoms with Gasteiger partial charge in [-0.15, -0.1) is 0 Å². The molecule has 0 spiro atoms. The van der Waals surface area contributed by atoms with Crippen LogP contribution in [0.25, 0.3) is 11.3 Å². The van der Waals surface area contributed by atoms with Crippen molar-refractivity contribution in [3.05, 3.63) is 42.1 Å². The number of nitrogens with zero attached hydrogens (tertiary/aromatic N) is 6. The van der Waals surface area contributed by atoms with Gasteiger partial charge < -0.3 is 20.9 Å². The number of alkyl halides is 2. The van der Waals surface area contributed by atoms with Crippen LogP contribution in [-0.2, 0) is 10.2 Å². The lowest BCUT2D eigenvalue weighted by Gasteiger charge is -2.35. The molecule has 5 rings (SSSR count). The van der Waals surface area contributed by atoms with E-state index in [-0.39, 0.29) is 17.4 Å². The molecule has 1 amide bonds. The van der Waals surface area contributed by atoms with Gasteiger partial charge >= 0.3 is 6.55 Å². The fourth-order valence-electron chi connectivity index (χ4n) is 5.34. The van der Waals surface area contributed by atoms with Crippen molar-refractivity contribution in [3.63, 3.8) is 0 Å². The van der Waals surface area contributed by atoms with E-state index in [1.807, 2.05) is 26.0 Å². The molecule has 3 N–H and O–H groups in total. The minimum atomic E-state index is -2.70. The summed E-state index contributed by atoms with van der Waals surface area (Å²) in [6.45, 7) is 10.4. The highest BCUT2D eigenvalue weighted by Crippen LogP contribution is 2.43. The van der Waals surface area contributed by atoms with Crippen LogP contribution in [0.4, 0.5) is 26.1 Å². The van der Waals surface area contributed by atoms with Crippen LogP contribution in [0.15, 0.2) is 30.9 Å². The maximum Gasteiger partial charge on any atom is 0.333 e. The molecular formula is C28H37F2N9O. The molecule has 12 heteroatoms. The summed E-state index contributed by atoms with van der Waals surface area (Å²) in [4.78, 5) is 28.6. The number of hydrogen-bond donors (Lipinski definition) is 3. The molecule has 214 valence electrons. The van der Waals surface area contributed by atoms with E-state index < -0.39 is 12.0 Å². The van der Waals surface area contributed by atoms with Gasteiger partial charge in [-0.2, -0.15) is 13.9 Å². The van der Waals surface area contributed by atoms with Gasteiger partial charge in [0.1, 0.15) is 18.0 Å². The van der Waals surface area contributed by atoms with Gasteiger partial charge in [-0.25, -0.2) is 14.6 Å². The number of amides is 1. The second-order valence-electron chi connectivity index (χ2n) is 12.0. The molecular weight excluding hydrogens is 516 g/mol. The Morgan fingerprint density at radius 1 is 1.15 bits per heavy atom. The van der Waals surface area contributed by atoms with Crippen molar-refractivity contribution < 1.29 is 13.6 Å². The highest BCUT2D eigenvalue weighted by Gasteiger charge is 2.43. The number of anilines is 3. The molecule has 3 aromatic rings. The Hall–Kier alpha value is -3.67. The Labute approximate surface area is 233 Å². The van der Waals surface area contributed by atoms with Gasteiger partial charge in [0, 0.05) is 49.4 Å². The molecule has 2 aliphatic heterocycles. The molecule has 0 aliphatic carbocycles. The maximum absolute atomic E-state index is 13.1. The van der Waals surface area contributed by atoms with Gasteiger partial charge in [-0.1, -0.05) is 0 Å². The van der Waals surface area contributed by atoms with E-state index in [2.05, 4.69) is 56.7 Å². The first-order chi connectivity index (χ1) is 18.9. The minimum absolute atomic E-state index is 0.0141. The number of piperidine rings is 1. The topological polar surface area (TPSA) is 113 Å². The lowest BCUT2D eigenvalue weighted by Crippen LogP contribution is -2.39. The molecule has 0 saturated carbocycles. The summed E-state index contributed by atoms with van der Waals surface area (Å²) in [5, 5.41) is 13.7. The predicted octanol–water partition coefficient (Wildman–Crippen LogP) is 4.54. The zero-order valence-electron chi connectivity index (χ0n) is 23.6. The quantitative estimate of drug-likeness (QED) is 0.349. The first-order valence-corrected chi connectivity index (χ1v) is 13.7. The molecule has 1 saturated heterocycles. The van der Waals surface area contributed by atoms with Gasteiger partial charge in [0.2, 0.25) is 5.91 Å². The molecule has 5 heterocycles. The molecule has 1 fully saturated rings. The Balaban J connectivity index is 1.37. The minimum Gasteiger partial charge on any atom is -0.382 e.